The zero-order valence-electron chi connectivity index (χ0n) is 14.6. The summed E-state index contributed by atoms with van der Waals surface area (Å²) < 4.78 is 15.5. The minimum absolute atomic E-state index is 0.0620. The van der Waals surface area contributed by atoms with Crippen LogP contribution in [0.15, 0.2) is 72.2 Å². The van der Waals surface area contributed by atoms with Crippen LogP contribution in [0.4, 0.5) is 10.1 Å². The van der Waals surface area contributed by atoms with E-state index in [1.807, 2.05) is 41.8 Å². The van der Waals surface area contributed by atoms with Crippen LogP contribution >= 0.6 is 22.9 Å². The molecule has 4 aromatic rings. The predicted octanol–water partition coefficient (Wildman–Crippen LogP) is 5.71. The first kappa shape index (κ1) is 18.4. The van der Waals surface area contributed by atoms with Gasteiger partial charge in [0.2, 0.25) is 5.91 Å². The van der Waals surface area contributed by atoms with Crippen LogP contribution in [-0.2, 0) is 11.3 Å². The zero-order chi connectivity index (χ0) is 19.5. The molecule has 7 heteroatoms. The van der Waals surface area contributed by atoms with Gasteiger partial charge in [-0.05, 0) is 36.4 Å². The molecule has 1 amide bonds. The average molecular weight is 412 g/mol. The molecule has 0 saturated carbocycles. The Morgan fingerprint density at radius 3 is 2.68 bits per heavy atom. The summed E-state index contributed by atoms with van der Waals surface area (Å²) in [5, 5.41) is 6.04. The number of aromatic nitrogens is 2. The Hall–Kier alpha value is -2.96. The number of benzene rings is 2. The summed E-state index contributed by atoms with van der Waals surface area (Å²) >= 11 is 7.44. The fourth-order valence-electron chi connectivity index (χ4n) is 2.80. The SMILES string of the molecule is O=C(Cn1cccc1-c1nc(-c2ccc(Cl)cc2)cs1)Nc1ccccc1F. The van der Waals surface area contributed by atoms with Crippen LogP contribution in [0.1, 0.15) is 0 Å². The summed E-state index contributed by atoms with van der Waals surface area (Å²) in [6.45, 7) is 0.0620. The molecule has 0 radical (unpaired) electrons. The summed E-state index contributed by atoms with van der Waals surface area (Å²) in [7, 11) is 0. The molecule has 0 bridgehead atoms. The number of carbonyl (C=O) groups excluding carboxylic acids is 1. The normalized spacial score (nSPS) is 10.8. The van der Waals surface area contributed by atoms with Gasteiger partial charge in [-0.3, -0.25) is 4.79 Å². The molecule has 2 aromatic heterocycles. The maximum atomic E-state index is 13.7. The number of rotatable bonds is 5. The number of nitrogens with one attached hydrogen (secondary N) is 1. The molecule has 140 valence electrons. The fourth-order valence-corrected chi connectivity index (χ4v) is 3.79. The van der Waals surface area contributed by atoms with Crippen molar-refractivity contribution in [3.63, 3.8) is 0 Å². The lowest BCUT2D eigenvalue weighted by molar-refractivity contribution is -0.116. The van der Waals surface area contributed by atoms with Crippen molar-refractivity contribution in [3.05, 3.63) is 83.1 Å². The van der Waals surface area contributed by atoms with Crippen LogP contribution in [0.5, 0.6) is 0 Å². The molecule has 0 aliphatic carbocycles. The van der Waals surface area contributed by atoms with Crippen LogP contribution in [-0.4, -0.2) is 15.5 Å². The van der Waals surface area contributed by atoms with Crippen molar-refractivity contribution < 1.29 is 9.18 Å². The summed E-state index contributed by atoms with van der Waals surface area (Å²) in [6, 6.07) is 17.3. The molecular formula is C21H15ClFN3OS. The molecule has 0 saturated heterocycles. The summed E-state index contributed by atoms with van der Waals surface area (Å²) in [5.74, 6) is -0.770. The van der Waals surface area contributed by atoms with Crippen molar-refractivity contribution >= 4 is 34.5 Å². The molecule has 28 heavy (non-hydrogen) atoms. The minimum atomic E-state index is -0.462. The molecule has 0 spiro atoms. The largest absolute Gasteiger partial charge is 0.336 e. The van der Waals surface area contributed by atoms with Gasteiger partial charge in [0.25, 0.3) is 0 Å². The molecule has 0 aliphatic heterocycles. The lowest BCUT2D eigenvalue weighted by atomic mass is 10.2. The Morgan fingerprint density at radius 1 is 1.11 bits per heavy atom. The van der Waals surface area contributed by atoms with Crippen molar-refractivity contribution in [2.45, 2.75) is 6.54 Å². The number of carbonyl (C=O) groups is 1. The van der Waals surface area contributed by atoms with E-state index in [0.717, 1.165) is 22.0 Å². The highest BCUT2D eigenvalue weighted by molar-refractivity contribution is 7.13. The number of nitrogens with zero attached hydrogens (tertiary/aromatic N) is 2. The first-order valence-corrected chi connectivity index (χ1v) is 9.77. The molecular weight excluding hydrogens is 397 g/mol. The first-order valence-electron chi connectivity index (χ1n) is 8.51. The zero-order valence-corrected chi connectivity index (χ0v) is 16.2. The Labute approximate surface area is 170 Å². The average Bonchev–Trinajstić information content (AvgIpc) is 3.33. The van der Waals surface area contributed by atoms with E-state index in [1.165, 1.54) is 23.5 Å². The predicted molar refractivity (Wildman–Crippen MR) is 111 cm³/mol. The lowest BCUT2D eigenvalue weighted by Gasteiger charge is -2.09. The third kappa shape index (κ3) is 3.98. The lowest BCUT2D eigenvalue weighted by Crippen LogP contribution is -2.19. The van der Waals surface area contributed by atoms with E-state index in [9.17, 15) is 9.18 Å². The van der Waals surface area contributed by atoms with Gasteiger partial charge in [-0.2, -0.15) is 0 Å². The maximum absolute atomic E-state index is 13.7. The van der Waals surface area contributed by atoms with E-state index < -0.39 is 5.82 Å². The van der Waals surface area contributed by atoms with Crippen LogP contribution in [0.25, 0.3) is 22.0 Å². The molecule has 4 nitrogen and oxygen atoms in total. The maximum Gasteiger partial charge on any atom is 0.244 e. The number of hydrogen-bond acceptors (Lipinski definition) is 3. The topological polar surface area (TPSA) is 46.9 Å². The summed E-state index contributed by atoms with van der Waals surface area (Å²) in [5.41, 5.74) is 2.82. The van der Waals surface area contributed by atoms with Gasteiger partial charge >= 0.3 is 0 Å². The quantitative estimate of drug-likeness (QED) is 0.457. The number of hydrogen-bond donors (Lipinski definition) is 1. The Balaban J connectivity index is 1.52. The Kier molecular flexibility index (Phi) is 5.23. The van der Waals surface area contributed by atoms with Gasteiger partial charge < -0.3 is 9.88 Å². The van der Waals surface area contributed by atoms with Crippen LogP contribution in [0.3, 0.4) is 0 Å². The molecule has 1 N–H and O–H groups in total. The molecule has 4 rings (SSSR count). The van der Waals surface area contributed by atoms with Gasteiger partial charge in [0.1, 0.15) is 17.4 Å². The highest BCUT2D eigenvalue weighted by atomic mass is 35.5. The second-order valence-electron chi connectivity index (χ2n) is 6.09. The van der Waals surface area contributed by atoms with Crippen molar-refractivity contribution in [3.8, 4) is 22.0 Å². The third-order valence-electron chi connectivity index (χ3n) is 4.15. The van der Waals surface area contributed by atoms with Crippen molar-refractivity contribution in [2.24, 2.45) is 0 Å². The number of para-hydroxylation sites is 1. The molecule has 0 unspecified atom stereocenters. The molecule has 0 fully saturated rings. The van der Waals surface area contributed by atoms with Crippen molar-refractivity contribution in [2.75, 3.05) is 5.32 Å². The summed E-state index contributed by atoms with van der Waals surface area (Å²) in [6.07, 6.45) is 1.81. The monoisotopic (exact) mass is 411 g/mol. The van der Waals surface area contributed by atoms with E-state index in [0.29, 0.717) is 5.02 Å². The van der Waals surface area contributed by atoms with Gasteiger partial charge in [-0.25, -0.2) is 9.37 Å². The van der Waals surface area contributed by atoms with Crippen LogP contribution in [0, 0.1) is 5.82 Å². The van der Waals surface area contributed by atoms with Crippen molar-refractivity contribution in [1.82, 2.24) is 9.55 Å². The highest BCUT2D eigenvalue weighted by Gasteiger charge is 2.13. The van der Waals surface area contributed by atoms with E-state index in [1.54, 1.807) is 22.9 Å². The van der Waals surface area contributed by atoms with E-state index >= 15 is 0 Å². The first-order chi connectivity index (χ1) is 13.6. The van der Waals surface area contributed by atoms with Crippen LogP contribution < -0.4 is 5.32 Å². The molecule has 2 heterocycles. The Bertz CT molecular complexity index is 1120. The van der Waals surface area contributed by atoms with E-state index in [2.05, 4.69) is 10.3 Å². The number of halogens is 2. The molecule has 0 atom stereocenters. The van der Waals surface area contributed by atoms with Gasteiger partial charge in [-0.1, -0.05) is 35.9 Å². The number of anilines is 1. The van der Waals surface area contributed by atoms with Gasteiger partial charge in [0, 0.05) is 22.2 Å². The van der Waals surface area contributed by atoms with Gasteiger partial charge in [0.15, 0.2) is 0 Å². The van der Waals surface area contributed by atoms with E-state index in [-0.39, 0.29) is 18.1 Å². The summed E-state index contributed by atoms with van der Waals surface area (Å²) in [4.78, 5) is 17.0. The Morgan fingerprint density at radius 2 is 1.89 bits per heavy atom. The van der Waals surface area contributed by atoms with Crippen LogP contribution in [0.2, 0.25) is 5.02 Å². The fraction of sp³-hybridized carbons (Fsp3) is 0.0476. The number of thiazole rings is 1. The molecule has 2 aromatic carbocycles. The van der Waals surface area contributed by atoms with Crippen molar-refractivity contribution in [1.29, 1.82) is 0 Å². The van der Waals surface area contributed by atoms with Gasteiger partial charge in [0.05, 0.1) is 17.1 Å². The smallest absolute Gasteiger partial charge is 0.244 e. The minimum Gasteiger partial charge on any atom is -0.336 e. The number of amides is 1. The second-order valence-corrected chi connectivity index (χ2v) is 7.39. The standard InChI is InChI=1S/C21H15ClFN3OS/c22-15-9-7-14(8-10-15)18-13-28-21(25-18)19-6-3-11-26(19)12-20(27)24-17-5-2-1-4-16(17)23/h1-11,13H,12H2,(H,24,27). The van der Waals surface area contributed by atoms with E-state index in [4.69, 9.17) is 11.6 Å². The second kappa shape index (κ2) is 7.96. The highest BCUT2D eigenvalue weighted by Crippen LogP contribution is 2.30. The molecule has 0 aliphatic rings. The van der Waals surface area contributed by atoms with Gasteiger partial charge in [-0.15, -0.1) is 11.3 Å². The third-order valence-corrected chi connectivity index (χ3v) is 5.27.